The smallest absolute Gasteiger partial charge is 0.267 e. The predicted octanol–water partition coefficient (Wildman–Crippen LogP) is 5.86. The molecule has 3 nitrogen and oxygen atoms in total. The summed E-state index contributed by atoms with van der Waals surface area (Å²) >= 11 is 9.31. The van der Waals surface area contributed by atoms with Crippen LogP contribution in [0.2, 0.25) is 5.02 Å². The van der Waals surface area contributed by atoms with Crippen molar-refractivity contribution in [3.8, 4) is 6.07 Å². The number of benzene rings is 1. The average molecular weight is 387 g/mol. The molecule has 126 valence electrons. The van der Waals surface area contributed by atoms with Crippen molar-refractivity contribution in [3.05, 3.63) is 50.2 Å². The molecule has 1 amide bonds. The first-order chi connectivity index (χ1) is 12.1. The first-order valence-corrected chi connectivity index (χ1v) is 10.1. The third-order valence-corrected chi connectivity index (χ3v) is 7.47. The van der Waals surface area contributed by atoms with Crippen LogP contribution in [0.3, 0.4) is 0 Å². The fraction of sp³-hybridized carbons (Fsp3) is 0.263. The molecule has 0 saturated carbocycles. The van der Waals surface area contributed by atoms with Gasteiger partial charge in [0.05, 0.1) is 10.6 Å². The van der Waals surface area contributed by atoms with Crippen LogP contribution in [0.4, 0.5) is 5.00 Å². The highest BCUT2D eigenvalue weighted by molar-refractivity contribution is 7.22. The van der Waals surface area contributed by atoms with Crippen LogP contribution in [0.15, 0.2) is 24.3 Å². The van der Waals surface area contributed by atoms with E-state index in [4.69, 9.17) is 11.6 Å². The molecule has 1 atom stereocenters. The second kappa shape index (κ2) is 6.45. The van der Waals surface area contributed by atoms with Gasteiger partial charge in [-0.25, -0.2) is 0 Å². The van der Waals surface area contributed by atoms with E-state index in [-0.39, 0.29) is 5.91 Å². The molecule has 1 aliphatic rings. The number of halogens is 1. The van der Waals surface area contributed by atoms with Gasteiger partial charge in [-0.05, 0) is 36.8 Å². The number of nitrogens with zero attached hydrogens (tertiary/aromatic N) is 1. The lowest BCUT2D eigenvalue weighted by Crippen LogP contribution is -2.11. The Morgan fingerprint density at radius 1 is 1.36 bits per heavy atom. The minimum Gasteiger partial charge on any atom is -0.312 e. The number of hydrogen-bond acceptors (Lipinski definition) is 4. The van der Waals surface area contributed by atoms with Crippen LogP contribution in [-0.4, -0.2) is 5.91 Å². The Bertz CT molecular complexity index is 1030. The summed E-state index contributed by atoms with van der Waals surface area (Å²) in [7, 11) is 0. The van der Waals surface area contributed by atoms with Gasteiger partial charge < -0.3 is 5.32 Å². The number of aryl methyl sites for hydroxylation is 1. The summed E-state index contributed by atoms with van der Waals surface area (Å²) in [6.07, 6.45) is 3.03. The minimum atomic E-state index is -0.241. The first-order valence-electron chi connectivity index (χ1n) is 8.11. The van der Waals surface area contributed by atoms with E-state index in [1.165, 1.54) is 27.6 Å². The summed E-state index contributed by atoms with van der Waals surface area (Å²) in [4.78, 5) is 14.5. The molecule has 0 bridgehead atoms. The maximum Gasteiger partial charge on any atom is 0.267 e. The number of amides is 1. The SMILES string of the molecule is CC1CCc2sc(NC(=O)c3sc4ccccc4c3Cl)c(C#N)c2C1. The standard InChI is InChI=1S/C19H15ClN2OS2/c1-10-6-7-15-12(8-10)13(9-21)19(25-15)22-18(23)17-16(20)11-4-2-3-5-14(11)24-17/h2-5,10H,6-8H2,1H3,(H,22,23). The monoisotopic (exact) mass is 386 g/mol. The molecule has 1 unspecified atom stereocenters. The van der Waals surface area contributed by atoms with E-state index in [0.717, 1.165) is 34.9 Å². The normalized spacial score (nSPS) is 16.4. The Morgan fingerprint density at radius 3 is 2.92 bits per heavy atom. The van der Waals surface area contributed by atoms with Gasteiger partial charge in [0.2, 0.25) is 0 Å². The molecular formula is C19H15ClN2OS2. The molecule has 1 aliphatic carbocycles. The summed E-state index contributed by atoms with van der Waals surface area (Å²) in [6.45, 7) is 2.21. The summed E-state index contributed by atoms with van der Waals surface area (Å²) in [6, 6.07) is 9.99. The fourth-order valence-corrected chi connectivity index (χ4v) is 5.89. The Kier molecular flexibility index (Phi) is 4.28. The van der Waals surface area contributed by atoms with Crippen LogP contribution in [-0.2, 0) is 12.8 Å². The lowest BCUT2D eigenvalue weighted by molar-refractivity contribution is 0.103. The number of anilines is 1. The van der Waals surface area contributed by atoms with E-state index >= 15 is 0 Å². The van der Waals surface area contributed by atoms with E-state index < -0.39 is 0 Å². The predicted molar refractivity (Wildman–Crippen MR) is 105 cm³/mol. The van der Waals surface area contributed by atoms with Crippen molar-refractivity contribution in [2.45, 2.75) is 26.2 Å². The van der Waals surface area contributed by atoms with Crippen LogP contribution in [0.5, 0.6) is 0 Å². The molecular weight excluding hydrogens is 372 g/mol. The number of fused-ring (bicyclic) bond motifs is 2. The minimum absolute atomic E-state index is 0.241. The number of carbonyl (C=O) groups is 1. The first kappa shape index (κ1) is 16.6. The average Bonchev–Trinajstić information content (AvgIpc) is 3.12. The van der Waals surface area contributed by atoms with Gasteiger partial charge in [-0.1, -0.05) is 36.7 Å². The Morgan fingerprint density at radius 2 is 2.16 bits per heavy atom. The fourth-order valence-electron chi connectivity index (χ4n) is 3.28. The van der Waals surface area contributed by atoms with Gasteiger partial charge >= 0.3 is 0 Å². The van der Waals surface area contributed by atoms with Gasteiger partial charge in [-0.15, -0.1) is 22.7 Å². The van der Waals surface area contributed by atoms with Gasteiger partial charge in [-0.3, -0.25) is 4.79 Å². The summed E-state index contributed by atoms with van der Waals surface area (Å²) in [5.74, 6) is 0.337. The Labute approximate surface area is 158 Å². The maximum absolute atomic E-state index is 12.8. The molecule has 4 rings (SSSR count). The number of nitrogens with one attached hydrogen (secondary N) is 1. The summed E-state index contributed by atoms with van der Waals surface area (Å²) in [5.41, 5.74) is 1.74. The molecule has 6 heteroatoms. The zero-order chi connectivity index (χ0) is 17.6. The molecule has 0 fully saturated rings. The third kappa shape index (κ3) is 2.85. The molecule has 0 saturated heterocycles. The lowest BCUT2D eigenvalue weighted by atomic mass is 9.88. The quantitative estimate of drug-likeness (QED) is 0.599. The zero-order valence-electron chi connectivity index (χ0n) is 13.6. The third-order valence-electron chi connectivity index (χ3n) is 4.59. The second-order valence-electron chi connectivity index (χ2n) is 6.36. The van der Waals surface area contributed by atoms with Crippen molar-refractivity contribution >= 4 is 55.3 Å². The molecule has 0 aliphatic heterocycles. The number of hydrogen-bond donors (Lipinski definition) is 1. The van der Waals surface area contributed by atoms with E-state index in [1.807, 2.05) is 24.3 Å². The maximum atomic E-state index is 12.8. The Hall–Kier alpha value is -1.87. The van der Waals surface area contributed by atoms with Gasteiger partial charge in [0.25, 0.3) is 5.91 Å². The van der Waals surface area contributed by atoms with E-state index in [1.54, 1.807) is 0 Å². The summed E-state index contributed by atoms with van der Waals surface area (Å²) in [5, 5.41) is 14.5. The molecule has 0 spiro atoms. The largest absolute Gasteiger partial charge is 0.312 e. The molecule has 3 aromatic rings. The van der Waals surface area contributed by atoms with Crippen molar-refractivity contribution in [1.82, 2.24) is 0 Å². The van der Waals surface area contributed by atoms with E-state index in [0.29, 0.717) is 26.4 Å². The van der Waals surface area contributed by atoms with Crippen molar-refractivity contribution in [1.29, 1.82) is 5.26 Å². The van der Waals surface area contributed by atoms with Gasteiger partial charge in [-0.2, -0.15) is 5.26 Å². The molecule has 25 heavy (non-hydrogen) atoms. The number of nitriles is 1. The van der Waals surface area contributed by atoms with Crippen LogP contribution >= 0.6 is 34.3 Å². The molecule has 2 heterocycles. The number of thiophene rings is 2. The lowest BCUT2D eigenvalue weighted by Gasteiger charge is -2.17. The van der Waals surface area contributed by atoms with Crippen molar-refractivity contribution < 1.29 is 4.79 Å². The highest BCUT2D eigenvalue weighted by Crippen LogP contribution is 2.40. The van der Waals surface area contributed by atoms with Gasteiger partial charge in [0, 0.05) is 15.0 Å². The molecule has 1 aromatic carbocycles. The topological polar surface area (TPSA) is 52.9 Å². The second-order valence-corrected chi connectivity index (χ2v) is 8.90. The summed E-state index contributed by atoms with van der Waals surface area (Å²) < 4.78 is 0.984. The van der Waals surface area contributed by atoms with Crippen LogP contribution in [0.25, 0.3) is 10.1 Å². The molecule has 2 aromatic heterocycles. The number of carbonyl (C=O) groups excluding carboxylic acids is 1. The molecule has 0 radical (unpaired) electrons. The van der Waals surface area contributed by atoms with Crippen molar-refractivity contribution in [2.24, 2.45) is 5.92 Å². The molecule has 1 N–H and O–H groups in total. The van der Waals surface area contributed by atoms with Crippen molar-refractivity contribution in [3.63, 3.8) is 0 Å². The van der Waals surface area contributed by atoms with E-state index in [2.05, 4.69) is 18.3 Å². The zero-order valence-corrected chi connectivity index (χ0v) is 15.9. The van der Waals surface area contributed by atoms with Crippen molar-refractivity contribution in [2.75, 3.05) is 5.32 Å². The Balaban J connectivity index is 1.69. The van der Waals surface area contributed by atoms with E-state index in [9.17, 15) is 10.1 Å². The highest BCUT2D eigenvalue weighted by atomic mass is 35.5. The number of rotatable bonds is 2. The highest BCUT2D eigenvalue weighted by Gasteiger charge is 2.26. The van der Waals surface area contributed by atoms with Crippen LogP contribution < -0.4 is 5.32 Å². The van der Waals surface area contributed by atoms with Crippen LogP contribution in [0, 0.1) is 17.2 Å². The van der Waals surface area contributed by atoms with Gasteiger partial charge in [0.1, 0.15) is 15.9 Å². The van der Waals surface area contributed by atoms with Crippen LogP contribution in [0.1, 0.15) is 39.0 Å². The van der Waals surface area contributed by atoms with Gasteiger partial charge in [0.15, 0.2) is 0 Å².